The summed E-state index contributed by atoms with van der Waals surface area (Å²) in [5.74, 6) is -0.657. The second kappa shape index (κ2) is 5.93. The molecule has 5 heteroatoms. The lowest BCUT2D eigenvalue weighted by Crippen LogP contribution is -2.35. The number of hydrogen-bond donors (Lipinski definition) is 3. The van der Waals surface area contributed by atoms with Crippen molar-refractivity contribution >= 4 is 5.97 Å². The summed E-state index contributed by atoms with van der Waals surface area (Å²) in [6.45, 7) is 5.16. The van der Waals surface area contributed by atoms with Crippen LogP contribution in [0.5, 0.6) is 11.5 Å². The number of benzene rings is 1. The maximum atomic E-state index is 11.6. The first-order chi connectivity index (χ1) is 9.89. The Balaban J connectivity index is 2.18. The van der Waals surface area contributed by atoms with Crippen LogP contribution in [-0.4, -0.2) is 39.3 Å². The molecule has 1 heterocycles. The van der Waals surface area contributed by atoms with Crippen molar-refractivity contribution in [2.75, 3.05) is 13.1 Å². The molecule has 0 aromatic heterocycles. The van der Waals surface area contributed by atoms with E-state index in [4.69, 9.17) is 0 Å². The minimum Gasteiger partial charge on any atom is -0.508 e. The standard InChI is InChI=1S/C16H23NO4/c1-3-6-16(15(20)21)7-8-17(10-16)11(2)13-5-4-12(18)9-14(13)19/h4-5,9,11,18-19H,3,6-8,10H2,1-2H3,(H,20,21). The lowest BCUT2D eigenvalue weighted by Gasteiger charge is -2.28. The molecule has 21 heavy (non-hydrogen) atoms. The van der Waals surface area contributed by atoms with Gasteiger partial charge in [-0.25, -0.2) is 0 Å². The average Bonchev–Trinajstić information content (AvgIpc) is 2.84. The molecule has 0 amide bonds. The topological polar surface area (TPSA) is 81.0 Å². The van der Waals surface area contributed by atoms with E-state index < -0.39 is 11.4 Å². The van der Waals surface area contributed by atoms with Gasteiger partial charge < -0.3 is 15.3 Å². The van der Waals surface area contributed by atoms with Gasteiger partial charge in [0.1, 0.15) is 11.5 Å². The van der Waals surface area contributed by atoms with Crippen molar-refractivity contribution in [3.8, 4) is 11.5 Å². The summed E-state index contributed by atoms with van der Waals surface area (Å²) in [7, 11) is 0. The van der Waals surface area contributed by atoms with Gasteiger partial charge in [0, 0.05) is 24.2 Å². The Morgan fingerprint density at radius 3 is 2.71 bits per heavy atom. The van der Waals surface area contributed by atoms with Crippen LogP contribution < -0.4 is 0 Å². The molecular weight excluding hydrogens is 270 g/mol. The number of rotatable bonds is 5. The fraction of sp³-hybridized carbons (Fsp3) is 0.562. The number of phenols is 2. The molecule has 2 rings (SSSR count). The van der Waals surface area contributed by atoms with Crippen LogP contribution in [0.4, 0.5) is 0 Å². The number of aliphatic carboxylic acids is 1. The van der Waals surface area contributed by atoms with Crippen molar-refractivity contribution in [2.24, 2.45) is 5.41 Å². The highest BCUT2D eigenvalue weighted by Gasteiger charge is 2.45. The lowest BCUT2D eigenvalue weighted by molar-refractivity contribution is -0.148. The van der Waals surface area contributed by atoms with Crippen molar-refractivity contribution in [1.82, 2.24) is 4.90 Å². The Kier molecular flexibility index (Phi) is 4.42. The molecule has 1 aliphatic rings. The zero-order chi connectivity index (χ0) is 15.6. The maximum absolute atomic E-state index is 11.6. The quantitative estimate of drug-likeness (QED) is 0.777. The van der Waals surface area contributed by atoms with Gasteiger partial charge >= 0.3 is 5.97 Å². The summed E-state index contributed by atoms with van der Waals surface area (Å²) < 4.78 is 0. The predicted molar refractivity (Wildman–Crippen MR) is 79.4 cm³/mol. The SMILES string of the molecule is CCCC1(C(=O)O)CCN(C(C)c2ccc(O)cc2O)C1. The minimum atomic E-state index is -0.728. The van der Waals surface area contributed by atoms with Crippen LogP contribution in [-0.2, 0) is 4.79 Å². The molecule has 2 unspecified atom stereocenters. The van der Waals surface area contributed by atoms with E-state index in [1.165, 1.54) is 12.1 Å². The van der Waals surface area contributed by atoms with Crippen LogP contribution in [0, 0.1) is 5.41 Å². The van der Waals surface area contributed by atoms with Crippen molar-refractivity contribution in [2.45, 2.75) is 39.2 Å². The monoisotopic (exact) mass is 293 g/mol. The van der Waals surface area contributed by atoms with Crippen LogP contribution >= 0.6 is 0 Å². The van der Waals surface area contributed by atoms with Crippen LogP contribution in [0.3, 0.4) is 0 Å². The number of hydrogen-bond acceptors (Lipinski definition) is 4. The lowest BCUT2D eigenvalue weighted by atomic mass is 9.82. The first-order valence-corrected chi connectivity index (χ1v) is 7.39. The van der Waals surface area contributed by atoms with E-state index in [0.717, 1.165) is 6.42 Å². The summed E-state index contributed by atoms with van der Waals surface area (Å²) in [5.41, 5.74) is 0.0423. The minimum absolute atomic E-state index is 0.0238. The second-order valence-electron chi connectivity index (χ2n) is 5.98. The number of aromatic hydroxyl groups is 2. The normalized spacial score (nSPS) is 24.1. The van der Waals surface area contributed by atoms with Crippen LogP contribution in [0.2, 0.25) is 0 Å². The largest absolute Gasteiger partial charge is 0.508 e. The molecule has 0 saturated carbocycles. The third kappa shape index (κ3) is 2.97. The van der Waals surface area contributed by atoms with Gasteiger partial charge in [-0.05, 0) is 32.4 Å². The van der Waals surface area contributed by atoms with Gasteiger partial charge in [0.25, 0.3) is 0 Å². The predicted octanol–water partition coefficient (Wildman–Crippen LogP) is 2.74. The van der Waals surface area contributed by atoms with E-state index in [2.05, 4.69) is 4.90 Å². The van der Waals surface area contributed by atoms with E-state index in [1.54, 1.807) is 6.07 Å². The van der Waals surface area contributed by atoms with E-state index >= 15 is 0 Å². The molecule has 3 N–H and O–H groups in total. The first-order valence-electron chi connectivity index (χ1n) is 7.39. The third-order valence-electron chi connectivity index (χ3n) is 4.58. The van der Waals surface area contributed by atoms with Crippen LogP contribution in [0.15, 0.2) is 18.2 Å². The number of phenolic OH excluding ortho intramolecular Hbond substituents is 2. The van der Waals surface area contributed by atoms with Crippen LogP contribution in [0.25, 0.3) is 0 Å². The fourth-order valence-corrected chi connectivity index (χ4v) is 3.28. The van der Waals surface area contributed by atoms with E-state index in [-0.39, 0.29) is 17.5 Å². The number of carboxylic acid groups (broad SMARTS) is 1. The van der Waals surface area contributed by atoms with E-state index in [0.29, 0.717) is 31.5 Å². The fourth-order valence-electron chi connectivity index (χ4n) is 3.28. The zero-order valence-electron chi connectivity index (χ0n) is 12.5. The van der Waals surface area contributed by atoms with Crippen molar-refractivity contribution in [3.63, 3.8) is 0 Å². The molecule has 1 aromatic carbocycles. The molecule has 0 bridgehead atoms. The molecule has 116 valence electrons. The van der Waals surface area contributed by atoms with Crippen molar-refractivity contribution in [1.29, 1.82) is 0 Å². The average molecular weight is 293 g/mol. The Hall–Kier alpha value is -1.75. The second-order valence-corrected chi connectivity index (χ2v) is 5.98. The number of carboxylic acids is 1. The van der Waals surface area contributed by atoms with Crippen molar-refractivity contribution in [3.05, 3.63) is 23.8 Å². The molecule has 0 radical (unpaired) electrons. The van der Waals surface area contributed by atoms with Gasteiger partial charge in [-0.3, -0.25) is 9.69 Å². The van der Waals surface area contributed by atoms with E-state index in [9.17, 15) is 20.1 Å². The highest BCUT2D eigenvalue weighted by molar-refractivity contribution is 5.75. The molecule has 0 spiro atoms. The van der Waals surface area contributed by atoms with E-state index in [1.807, 2.05) is 13.8 Å². The summed E-state index contributed by atoms with van der Waals surface area (Å²) in [4.78, 5) is 13.7. The molecular formula is C16H23NO4. The van der Waals surface area contributed by atoms with Gasteiger partial charge in [-0.15, -0.1) is 0 Å². The smallest absolute Gasteiger partial charge is 0.310 e. The summed E-state index contributed by atoms with van der Waals surface area (Å²) in [5, 5.41) is 28.9. The molecule has 1 aliphatic heterocycles. The van der Waals surface area contributed by atoms with Gasteiger partial charge in [0.05, 0.1) is 5.41 Å². The third-order valence-corrected chi connectivity index (χ3v) is 4.58. The van der Waals surface area contributed by atoms with Crippen molar-refractivity contribution < 1.29 is 20.1 Å². The zero-order valence-corrected chi connectivity index (χ0v) is 12.5. The van der Waals surface area contributed by atoms with Gasteiger partial charge in [0.2, 0.25) is 0 Å². The number of likely N-dealkylation sites (tertiary alicyclic amines) is 1. The number of carbonyl (C=O) groups is 1. The Bertz CT molecular complexity index is 531. The molecule has 5 nitrogen and oxygen atoms in total. The molecule has 1 saturated heterocycles. The summed E-state index contributed by atoms with van der Waals surface area (Å²) >= 11 is 0. The number of nitrogens with zero attached hydrogens (tertiary/aromatic N) is 1. The highest BCUT2D eigenvalue weighted by Crippen LogP contribution is 2.41. The highest BCUT2D eigenvalue weighted by atomic mass is 16.4. The maximum Gasteiger partial charge on any atom is 0.310 e. The molecule has 2 atom stereocenters. The Morgan fingerprint density at radius 1 is 1.43 bits per heavy atom. The van der Waals surface area contributed by atoms with Gasteiger partial charge in [-0.1, -0.05) is 19.4 Å². The Morgan fingerprint density at radius 2 is 2.14 bits per heavy atom. The Labute approximate surface area is 124 Å². The molecule has 1 fully saturated rings. The summed E-state index contributed by atoms with van der Waals surface area (Å²) in [6, 6.07) is 4.47. The molecule has 1 aromatic rings. The first kappa shape index (κ1) is 15.6. The molecule has 0 aliphatic carbocycles. The van der Waals surface area contributed by atoms with Gasteiger partial charge in [0.15, 0.2) is 0 Å². The van der Waals surface area contributed by atoms with Gasteiger partial charge in [-0.2, -0.15) is 0 Å². The summed E-state index contributed by atoms with van der Waals surface area (Å²) in [6.07, 6.45) is 2.16. The van der Waals surface area contributed by atoms with Crippen LogP contribution in [0.1, 0.15) is 44.7 Å².